The second-order valence-corrected chi connectivity index (χ2v) is 6.22. The molecule has 102 valence electrons. The third-order valence-corrected chi connectivity index (χ3v) is 4.51. The number of hydrogen-bond donors (Lipinski definition) is 1. The summed E-state index contributed by atoms with van der Waals surface area (Å²) in [6.07, 6.45) is 1.53. The van der Waals surface area contributed by atoms with Gasteiger partial charge in [-0.3, -0.25) is 0 Å². The summed E-state index contributed by atoms with van der Waals surface area (Å²) in [5.41, 5.74) is 5.40. The molecule has 0 saturated carbocycles. The molecule has 1 rings (SSSR count). The molecule has 0 atom stereocenters. The Hall–Kier alpha value is -0.990. The molecule has 0 bridgehead atoms. The Morgan fingerprint density at radius 1 is 1.56 bits per heavy atom. The highest BCUT2D eigenvalue weighted by atomic mass is 32.2. The van der Waals surface area contributed by atoms with E-state index in [1.165, 1.54) is 10.5 Å². The lowest BCUT2D eigenvalue weighted by molar-refractivity contribution is 0.465. The van der Waals surface area contributed by atoms with Gasteiger partial charge in [-0.2, -0.15) is 4.31 Å². The molecule has 0 aliphatic heterocycles. The molecule has 0 aliphatic rings. The molecule has 6 nitrogen and oxygen atoms in total. The van der Waals surface area contributed by atoms with E-state index in [1.807, 2.05) is 6.92 Å². The fraction of sp³-hybridized carbons (Fsp3) is 0.600. The molecule has 0 amide bonds. The predicted molar refractivity (Wildman–Crippen MR) is 73.9 cm³/mol. The first-order chi connectivity index (χ1) is 8.32. The van der Waals surface area contributed by atoms with Gasteiger partial charge in [0.1, 0.15) is 5.82 Å². The van der Waals surface area contributed by atoms with Gasteiger partial charge in [0.25, 0.3) is 10.0 Å². The number of sulfonamides is 1. The van der Waals surface area contributed by atoms with Crippen molar-refractivity contribution in [1.82, 2.24) is 13.9 Å². The van der Waals surface area contributed by atoms with Crippen molar-refractivity contribution < 1.29 is 8.42 Å². The Balaban J connectivity index is 3.14. The highest BCUT2D eigenvalue weighted by Gasteiger charge is 2.26. The first kappa shape index (κ1) is 15.1. The number of thiocarbonyl (C=S) groups is 1. The van der Waals surface area contributed by atoms with Crippen LogP contribution in [0.3, 0.4) is 0 Å². The number of aromatic nitrogens is 2. The minimum Gasteiger partial charge on any atom is -0.392 e. The van der Waals surface area contributed by atoms with E-state index < -0.39 is 10.0 Å². The molecule has 0 fully saturated rings. The maximum Gasteiger partial charge on any atom is 0.262 e. The maximum absolute atomic E-state index is 12.3. The molecule has 1 aromatic heterocycles. The zero-order valence-electron chi connectivity index (χ0n) is 10.8. The van der Waals surface area contributed by atoms with Crippen molar-refractivity contribution in [1.29, 1.82) is 0 Å². The van der Waals surface area contributed by atoms with Crippen LogP contribution in [0.15, 0.2) is 11.2 Å². The summed E-state index contributed by atoms with van der Waals surface area (Å²) in [4.78, 5) is 4.22. The first-order valence-electron chi connectivity index (χ1n) is 5.65. The monoisotopic (exact) mass is 290 g/mol. The quantitative estimate of drug-likeness (QED) is 0.772. The zero-order valence-corrected chi connectivity index (χ0v) is 12.4. The van der Waals surface area contributed by atoms with Gasteiger partial charge in [-0.1, -0.05) is 19.1 Å². The molecule has 8 heteroatoms. The van der Waals surface area contributed by atoms with Crippen molar-refractivity contribution in [2.75, 3.05) is 13.1 Å². The molecule has 18 heavy (non-hydrogen) atoms. The van der Waals surface area contributed by atoms with Crippen LogP contribution < -0.4 is 5.73 Å². The third-order valence-electron chi connectivity index (χ3n) is 2.58. The van der Waals surface area contributed by atoms with E-state index in [-0.39, 0.29) is 16.6 Å². The summed E-state index contributed by atoms with van der Waals surface area (Å²) >= 11 is 4.76. The van der Waals surface area contributed by atoms with E-state index in [1.54, 1.807) is 18.4 Å². The average molecular weight is 290 g/mol. The van der Waals surface area contributed by atoms with Gasteiger partial charge in [-0.25, -0.2) is 13.4 Å². The molecule has 0 unspecified atom stereocenters. The summed E-state index contributed by atoms with van der Waals surface area (Å²) in [7, 11) is -3.62. The van der Waals surface area contributed by atoms with Crippen LogP contribution in [-0.4, -0.2) is 40.4 Å². The van der Waals surface area contributed by atoms with Crippen LogP contribution in [0.2, 0.25) is 0 Å². The highest BCUT2D eigenvalue weighted by Crippen LogP contribution is 2.15. The fourth-order valence-electron chi connectivity index (χ4n) is 1.60. The number of nitrogens with two attached hydrogens (primary N) is 1. The van der Waals surface area contributed by atoms with E-state index in [9.17, 15) is 8.42 Å². The molecule has 0 spiro atoms. The van der Waals surface area contributed by atoms with Crippen molar-refractivity contribution in [3.05, 3.63) is 12.0 Å². The molecule has 0 aliphatic carbocycles. The van der Waals surface area contributed by atoms with Gasteiger partial charge in [-0.15, -0.1) is 0 Å². The van der Waals surface area contributed by atoms with Crippen LogP contribution >= 0.6 is 12.2 Å². The number of rotatable bonds is 6. The number of likely N-dealkylation sites (N-methyl/N-ethyl adjacent to an activating group) is 1. The van der Waals surface area contributed by atoms with Gasteiger partial charge >= 0.3 is 0 Å². The summed E-state index contributed by atoms with van der Waals surface area (Å²) < 4.78 is 27.6. The molecule has 0 aromatic carbocycles. The molecular formula is C10H18N4O2S2. The van der Waals surface area contributed by atoms with Crippen LogP contribution in [0.25, 0.3) is 0 Å². The lowest BCUT2D eigenvalue weighted by atomic mass is 10.6. The molecular weight excluding hydrogens is 272 g/mol. The topological polar surface area (TPSA) is 81.2 Å². The van der Waals surface area contributed by atoms with Crippen LogP contribution in [0.5, 0.6) is 0 Å². The Morgan fingerprint density at radius 2 is 2.17 bits per heavy atom. The number of hydrogen-bond acceptors (Lipinski definition) is 4. The van der Waals surface area contributed by atoms with Crippen LogP contribution in [0.1, 0.15) is 19.7 Å². The largest absolute Gasteiger partial charge is 0.392 e. The average Bonchev–Trinajstić information content (AvgIpc) is 2.67. The van der Waals surface area contributed by atoms with E-state index >= 15 is 0 Å². The van der Waals surface area contributed by atoms with Crippen molar-refractivity contribution in [3.63, 3.8) is 0 Å². The van der Waals surface area contributed by atoms with Crippen LogP contribution in [0, 0.1) is 6.92 Å². The Bertz CT molecular complexity index is 536. The lowest BCUT2D eigenvalue weighted by Gasteiger charge is -2.17. The summed E-state index contributed by atoms with van der Waals surface area (Å²) in [5, 5.41) is 0.0416. The zero-order chi connectivity index (χ0) is 13.9. The standard InChI is InChI=1S/C10H18N4O2S2/c1-4-13-7-10(12-8(13)3)18(15,16)14(5-2)6-9(11)17/h7H,4-6H2,1-3H3,(H2,11,17). The Labute approximate surface area is 113 Å². The fourth-order valence-corrected chi connectivity index (χ4v) is 3.26. The SMILES string of the molecule is CCN(CC(N)=S)S(=O)(=O)c1cn(CC)c(C)n1. The van der Waals surface area contributed by atoms with Gasteiger partial charge in [0.2, 0.25) is 0 Å². The Kier molecular flexibility index (Phi) is 4.83. The van der Waals surface area contributed by atoms with E-state index in [4.69, 9.17) is 18.0 Å². The molecule has 1 aromatic rings. The smallest absolute Gasteiger partial charge is 0.262 e. The minimum atomic E-state index is -3.62. The van der Waals surface area contributed by atoms with Gasteiger partial charge in [0.15, 0.2) is 5.03 Å². The second kappa shape index (κ2) is 5.77. The molecule has 1 heterocycles. The maximum atomic E-state index is 12.3. The van der Waals surface area contributed by atoms with Gasteiger partial charge in [0.05, 0.1) is 11.5 Å². The molecule has 0 saturated heterocycles. The number of aryl methyl sites for hydroxylation is 2. The van der Waals surface area contributed by atoms with Gasteiger partial charge < -0.3 is 10.3 Å². The molecule has 2 N–H and O–H groups in total. The molecule has 0 radical (unpaired) electrons. The van der Waals surface area contributed by atoms with Crippen molar-refractivity contribution in [2.45, 2.75) is 32.3 Å². The second-order valence-electron chi connectivity index (χ2n) is 3.81. The number of nitrogens with zero attached hydrogens (tertiary/aromatic N) is 3. The Morgan fingerprint density at radius 3 is 2.56 bits per heavy atom. The first-order valence-corrected chi connectivity index (χ1v) is 7.50. The summed E-state index contributed by atoms with van der Waals surface area (Å²) in [6, 6.07) is 0. The highest BCUT2D eigenvalue weighted by molar-refractivity contribution is 7.89. The van der Waals surface area contributed by atoms with Crippen LogP contribution in [-0.2, 0) is 16.6 Å². The van der Waals surface area contributed by atoms with Crippen molar-refractivity contribution in [2.24, 2.45) is 5.73 Å². The summed E-state index contributed by atoms with van der Waals surface area (Å²) in [6.45, 7) is 6.45. The van der Waals surface area contributed by atoms with E-state index in [2.05, 4.69) is 4.98 Å². The van der Waals surface area contributed by atoms with E-state index in [0.29, 0.717) is 18.9 Å². The minimum absolute atomic E-state index is 0.0339. The normalized spacial score (nSPS) is 12.0. The van der Waals surface area contributed by atoms with E-state index in [0.717, 1.165) is 0 Å². The lowest BCUT2D eigenvalue weighted by Crippen LogP contribution is -2.37. The van der Waals surface area contributed by atoms with Crippen LogP contribution in [0.4, 0.5) is 0 Å². The third kappa shape index (κ3) is 3.06. The van der Waals surface area contributed by atoms with Gasteiger partial charge in [0, 0.05) is 19.3 Å². The van der Waals surface area contributed by atoms with Crippen molar-refractivity contribution >= 4 is 27.2 Å². The predicted octanol–water partition coefficient (Wildman–Crippen LogP) is 0.508. The summed E-state index contributed by atoms with van der Waals surface area (Å²) in [5.74, 6) is 0.669. The van der Waals surface area contributed by atoms with Crippen molar-refractivity contribution in [3.8, 4) is 0 Å². The van der Waals surface area contributed by atoms with Gasteiger partial charge in [-0.05, 0) is 13.8 Å². The number of imidazole rings is 1.